The van der Waals surface area contributed by atoms with Crippen LogP contribution in [0.2, 0.25) is 0 Å². The zero-order chi connectivity index (χ0) is 28.3. The predicted octanol–water partition coefficient (Wildman–Crippen LogP) is 7.31. The molecule has 1 aliphatic rings. The Morgan fingerprint density at radius 1 is 0.951 bits per heavy atom. The number of carbonyl (C=O) groups is 2. The number of carbonyl (C=O) groups excluding carboxylic acids is 2. The molecule has 0 radical (unpaired) electrons. The molecule has 6 nitrogen and oxygen atoms in total. The Balaban J connectivity index is 1.31. The van der Waals surface area contributed by atoms with Crippen LogP contribution in [0.25, 0.3) is 16.8 Å². The molecule has 2 heterocycles. The Kier molecular flexibility index (Phi) is 7.45. The van der Waals surface area contributed by atoms with Gasteiger partial charge in [0.25, 0.3) is 5.91 Å². The molecule has 0 spiro atoms. The third-order valence-electron chi connectivity index (χ3n) is 6.73. The number of hydrogen-bond acceptors (Lipinski definition) is 7. The summed E-state index contributed by atoms with van der Waals surface area (Å²) in [6.07, 6.45) is 2.86. The van der Waals surface area contributed by atoms with Gasteiger partial charge in [-0.25, -0.2) is 4.39 Å². The molecule has 41 heavy (non-hydrogen) atoms. The molecule has 6 rings (SSSR count). The Morgan fingerprint density at radius 2 is 1.68 bits per heavy atom. The van der Waals surface area contributed by atoms with Gasteiger partial charge in [0.05, 0.1) is 5.57 Å². The lowest BCUT2D eigenvalue weighted by molar-refractivity contribution is -0.117. The van der Waals surface area contributed by atoms with E-state index in [9.17, 15) is 14.7 Å². The van der Waals surface area contributed by atoms with E-state index in [4.69, 9.17) is 0 Å². The fourth-order valence-corrected chi connectivity index (χ4v) is 6.66. The van der Waals surface area contributed by atoms with Crippen LogP contribution in [0.5, 0.6) is 0 Å². The Hall–Kier alpha value is -4.60. The number of benzene rings is 4. The van der Waals surface area contributed by atoms with Crippen molar-refractivity contribution in [1.82, 2.24) is 10.2 Å². The number of amides is 1. The highest BCUT2D eigenvalue weighted by molar-refractivity contribution is 8.00. The summed E-state index contributed by atoms with van der Waals surface area (Å²) < 4.78 is 15.7. The summed E-state index contributed by atoms with van der Waals surface area (Å²) >= 11 is 2.61. The molecule has 0 saturated carbocycles. The molecule has 1 aliphatic heterocycles. The number of halogens is 1. The van der Waals surface area contributed by atoms with E-state index < -0.39 is 29.3 Å². The van der Waals surface area contributed by atoms with Crippen LogP contribution in [0, 0.1) is 5.82 Å². The number of rotatable bonds is 8. The number of allylic oxidation sites excluding steroid dienone is 1. The maximum Gasteiger partial charge on any atom is 0.296 e. The zero-order valence-corrected chi connectivity index (χ0v) is 23.1. The fraction of sp³-hybridized carbons (Fsp3) is 0.0625. The maximum absolute atomic E-state index is 15.1. The van der Waals surface area contributed by atoms with Crippen molar-refractivity contribution in [3.05, 3.63) is 137 Å². The smallest absolute Gasteiger partial charge is 0.296 e. The molecule has 0 aliphatic carbocycles. The SMILES string of the molecule is O=C(/C=C/c1ccccc1)C1=C(O)C(=O)N(c2nnc(SCc3cccc4ccccc34)s2)C1c1ccccc1F. The van der Waals surface area contributed by atoms with E-state index in [2.05, 4.69) is 34.5 Å². The molecule has 9 heteroatoms. The molecule has 5 aromatic rings. The maximum atomic E-state index is 15.1. The zero-order valence-electron chi connectivity index (χ0n) is 21.5. The fourth-order valence-electron chi connectivity index (χ4n) is 4.79. The number of nitrogens with zero attached hydrogens (tertiary/aromatic N) is 3. The molecule has 1 unspecified atom stereocenters. The van der Waals surface area contributed by atoms with Crippen LogP contribution in [0.15, 0.2) is 119 Å². The van der Waals surface area contributed by atoms with Gasteiger partial charge in [0.2, 0.25) is 5.13 Å². The van der Waals surface area contributed by atoms with E-state index in [1.165, 1.54) is 36.0 Å². The van der Waals surface area contributed by atoms with Crippen LogP contribution in [-0.2, 0) is 15.3 Å². The third kappa shape index (κ3) is 5.29. The highest BCUT2D eigenvalue weighted by atomic mass is 32.2. The first-order chi connectivity index (χ1) is 20.0. The third-order valence-corrected chi connectivity index (χ3v) is 8.84. The van der Waals surface area contributed by atoms with Crippen molar-refractivity contribution in [3.8, 4) is 0 Å². The summed E-state index contributed by atoms with van der Waals surface area (Å²) in [5, 5.41) is 21.8. The number of anilines is 1. The van der Waals surface area contributed by atoms with Gasteiger partial charge in [-0.1, -0.05) is 120 Å². The van der Waals surface area contributed by atoms with Crippen LogP contribution >= 0.6 is 23.1 Å². The van der Waals surface area contributed by atoms with Gasteiger partial charge < -0.3 is 5.11 Å². The molecular weight excluding hydrogens is 558 g/mol. The van der Waals surface area contributed by atoms with Gasteiger partial charge in [0.1, 0.15) is 11.9 Å². The van der Waals surface area contributed by atoms with Crippen LogP contribution < -0.4 is 4.90 Å². The average Bonchev–Trinajstić information content (AvgIpc) is 3.57. The molecule has 0 bridgehead atoms. The number of thioether (sulfide) groups is 1. The van der Waals surface area contributed by atoms with Gasteiger partial charge in [0.15, 0.2) is 15.9 Å². The molecule has 1 amide bonds. The monoisotopic (exact) mass is 579 g/mol. The van der Waals surface area contributed by atoms with E-state index in [-0.39, 0.29) is 16.3 Å². The van der Waals surface area contributed by atoms with Gasteiger partial charge >= 0.3 is 0 Å². The summed E-state index contributed by atoms with van der Waals surface area (Å²) in [5.41, 5.74) is 1.75. The number of ketones is 1. The minimum absolute atomic E-state index is 0.0709. The number of fused-ring (bicyclic) bond motifs is 1. The standard InChI is InChI=1S/C32H22FN3O3S2/c33-25-16-7-6-15-24(25)28-27(26(37)18-17-20-9-2-1-3-10-20)29(38)30(39)36(28)31-34-35-32(41-31)40-19-22-13-8-12-21-11-4-5-14-23(21)22/h1-18,28,38H,19H2/b18-17+. The number of aromatic nitrogens is 2. The van der Waals surface area contributed by atoms with Crippen molar-refractivity contribution in [3.63, 3.8) is 0 Å². The first-order valence-electron chi connectivity index (χ1n) is 12.7. The highest BCUT2D eigenvalue weighted by Crippen LogP contribution is 2.44. The Morgan fingerprint density at radius 3 is 2.51 bits per heavy atom. The quantitative estimate of drug-likeness (QED) is 0.118. The van der Waals surface area contributed by atoms with Gasteiger partial charge in [0, 0.05) is 11.3 Å². The lowest BCUT2D eigenvalue weighted by Crippen LogP contribution is -2.31. The van der Waals surface area contributed by atoms with Crippen molar-refractivity contribution in [1.29, 1.82) is 0 Å². The van der Waals surface area contributed by atoms with Crippen molar-refractivity contribution in [2.24, 2.45) is 0 Å². The first-order valence-corrected chi connectivity index (χ1v) is 14.5. The molecule has 1 aromatic heterocycles. The predicted molar refractivity (Wildman–Crippen MR) is 160 cm³/mol. The second kappa shape index (κ2) is 11.5. The second-order valence-electron chi connectivity index (χ2n) is 9.25. The molecule has 202 valence electrons. The average molecular weight is 580 g/mol. The van der Waals surface area contributed by atoms with Crippen LogP contribution in [0.1, 0.15) is 22.7 Å². The van der Waals surface area contributed by atoms with Crippen molar-refractivity contribution >= 4 is 56.8 Å². The summed E-state index contributed by atoms with van der Waals surface area (Å²) in [5.74, 6) is -2.17. The molecule has 1 atom stereocenters. The minimum Gasteiger partial charge on any atom is -0.503 e. The van der Waals surface area contributed by atoms with Crippen LogP contribution in [-0.4, -0.2) is 27.0 Å². The van der Waals surface area contributed by atoms with E-state index >= 15 is 4.39 Å². The minimum atomic E-state index is -1.21. The molecule has 4 aromatic carbocycles. The van der Waals surface area contributed by atoms with E-state index in [0.29, 0.717) is 10.1 Å². The van der Waals surface area contributed by atoms with Crippen molar-refractivity contribution in [2.45, 2.75) is 16.1 Å². The summed E-state index contributed by atoms with van der Waals surface area (Å²) in [6.45, 7) is 0. The molecule has 0 saturated heterocycles. The molecule has 1 N–H and O–H groups in total. The number of aliphatic hydroxyl groups excluding tert-OH is 1. The number of aliphatic hydroxyl groups is 1. The van der Waals surface area contributed by atoms with E-state index in [1.807, 2.05) is 48.5 Å². The van der Waals surface area contributed by atoms with Gasteiger partial charge in [-0.05, 0) is 34.0 Å². The molecule has 0 fully saturated rings. The molecular formula is C32H22FN3O3S2. The lowest BCUT2D eigenvalue weighted by atomic mass is 9.95. The van der Waals surface area contributed by atoms with Gasteiger partial charge in [-0.2, -0.15) is 0 Å². The lowest BCUT2D eigenvalue weighted by Gasteiger charge is -2.24. The first kappa shape index (κ1) is 26.6. The summed E-state index contributed by atoms with van der Waals surface area (Å²) in [4.78, 5) is 27.9. The van der Waals surface area contributed by atoms with E-state index in [1.54, 1.807) is 12.1 Å². The summed E-state index contributed by atoms with van der Waals surface area (Å²) in [7, 11) is 0. The van der Waals surface area contributed by atoms with Crippen LogP contribution in [0.3, 0.4) is 0 Å². The summed E-state index contributed by atoms with van der Waals surface area (Å²) in [6, 6.07) is 28.0. The highest BCUT2D eigenvalue weighted by Gasteiger charge is 2.46. The Bertz CT molecular complexity index is 1830. The second-order valence-corrected chi connectivity index (χ2v) is 11.4. The van der Waals surface area contributed by atoms with Gasteiger partial charge in [-0.15, -0.1) is 10.2 Å². The van der Waals surface area contributed by atoms with Crippen molar-refractivity contribution in [2.75, 3.05) is 4.90 Å². The number of hydrogen-bond donors (Lipinski definition) is 1. The van der Waals surface area contributed by atoms with E-state index in [0.717, 1.165) is 38.1 Å². The largest absolute Gasteiger partial charge is 0.503 e. The van der Waals surface area contributed by atoms with Gasteiger partial charge in [-0.3, -0.25) is 14.5 Å². The van der Waals surface area contributed by atoms with Crippen molar-refractivity contribution < 1.29 is 19.1 Å². The topological polar surface area (TPSA) is 83.4 Å². The normalized spacial score (nSPS) is 15.4. The Labute approximate surface area is 243 Å². The van der Waals surface area contributed by atoms with Crippen LogP contribution in [0.4, 0.5) is 9.52 Å².